The quantitative estimate of drug-likeness (QED) is 0.766. The number of nitrogens with zero attached hydrogens (tertiary/aromatic N) is 3. The monoisotopic (exact) mass is 335 g/mol. The van der Waals surface area contributed by atoms with Gasteiger partial charge in [0.2, 0.25) is 5.91 Å². The van der Waals surface area contributed by atoms with Gasteiger partial charge >= 0.3 is 0 Å². The summed E-state index contributed by atoms with van der Waals surface area (Å²) in [5, 5.41) is 9.66. The van der Waals surface area contributed by atoms with Crippen LogP contribution in [0.15, 0.2) is 29.2 Å². The molecule has 1 N–H and O–H groups in total. The molecule has 0 bridgehead atoms. The number of morpholine rings is 1. The Labute approximate surface area is 141 Å². The molecule has 2 atom stereocenters. The van der Waals surface area contributed by atoms with E-state index < -0.39 is 0 Å². The second-order valence-electron chi connectivity index (χ2n) is 6.58. The fourth-order valence-corrected chi connectivity index (χ4v) is 3.51. The number of aromatic nitrogens is 1. The number of carbonyl (C=O) groups excluding carboxylic acids is 1. The van der Waals surface area contributed by atoms with E-state index in [1.807, 2.05) is 0 Å². The van der Waals surface area contributed by atoms with Crippen LogP contribution in [-0.2, 0) is 16.1 Å². The van der Waals surface area contributed by atoms with Crippen molar-refractivity contribution in [3.05, 3.63) is 34.7 Å². The summed E-state index contributed by atoms with van der Waals surface area (Å²) in [5.74, 6) is 0.306. The molecule has 0 radical (unpaired) electrons. The Morgan fingerprint density at radius 3 is 2.67 bits per heavy atom. The molecule has 0 aliphatic carbocycles. The van der Waals surface area contributed by atoms with E-state index in [9.17, 15) is 14.7 Å². The van der Waals surface area contributed by atoms with E-state index in [1.54, 1.807) is 23.2 Å². The van der Waals surface area contributed by atoms with Crippen LogP contribution in [-0.4, -0.2) is 77.9 Å². The van der Waals surface area contributed by atoms with Crippen LogP contribution in [0.1, 0.15) is 0 Å². The molecule has 2 aliphatic rings. The number of likely N-dealkylation sites (tertiary alicyclic amines) is 1. The Morgan fingerprint density at radius 2 is 1.96 bits per heavy atom. The van der Waals surface area contributed by atoms with Crippen molar-refractivity contribution >= 4 is 5.91 Å². The van der Waals surface area contributed by atoms with Crippen molar-refractivity contribution in [2.45, 2.75) is 6.54 Å². The first-order valence-corrected chi connectivity index (χ1v) is 8.51. The highest BCUT2D eigenvalue weighted by Crippen LogP contribution is 2.24. The van der Waals surface area contributed by atoms with Crippen molar-refractivity contribution in [2.24, 2.45) is 11.8 Å². The minimum Gasteiger partial charge on any atom is -0.396 e. The van der Waals surface area contributed by atoms with Gasteiger partial charge in [-0.25, -0.2) is 0 Å². The summed E-state index contributed by atoms with van der Waals surface area (Å²) < 4.78 is 6.79. The Hall–Kier alpha value is -1.70. The van der Waals surface area contributed by atoms with Gasteiger partial charge in [0.05, 0.1) is 13.2 Å². The maximum absolute atomic E-state index is 12.5. The Bertz CT molecular complexity index is 612. The summed E-state index contributed by atoms with van der Waals surface area (Å²) in [7, 11) is 0. The maximum Gasteiger partial charge on any atom is 0.250 e. The SMILES string of the molecule is O=C(Cn1ccccc1=O)N1C[C@@H](CN2CCOCC2)[C@@H](CO)C1. The van der Waals surface area contributed by atoms with Crippen LogP contribution in [0.3, 0.4) is 0 Å². The van der Waals surface area contributed by atoms with Gasteiger partial charge in [-0.3, -0.25) is 14.5 Å². The highest BCUT2D eigenvalue weighted by Gasteiger charge is 2.35. The van der Waals surface area contributed by atoms with E-state index in [1.165, 1.54) is 10.6 Å². The molecule has 1 aromatic rings. The summed E-state index contributed by atoms with van der Waals surface area (Å²) in [6, 6.07) is 4.87. The summed E-state index contributed by atoms with van der Waals surface area (Å²) in [4.78, 5) is 28.4. The van der Waals surface area contributed by atoms with Gasteiger partial charge in [0, 0.05) is 57.5 Å². The highest BCUT2D eigenvalue weighted by molar-refractivity contribution is 5.76. The predicted molar refractivity (Wildman–Crippen MR) is 88.6 cm³/mol. The third-order valence-electron chi connectivity index (χ3n) is 4.96. The minimum absolute atomic E-state index is 0.0576. The zero-order valence-electron chi connectivity index (χ0n) is 13.8. The summed E-state index contributed by atoms with van der Waals surface area (Å²) >= 11 is 0. The van der Waals surface area contributed by atoms with Crippen LogP contribution in [0.5, 0.6) is 0 Å². The summed E-state index contributed by atoms with van der Waals surface area (Å²) in [5.41, 5.74) is -0.173. The van der Waals surface area contributed by atoms with Crippen LogP contribution in [0.2, 0.25) is 0 Å². The van der Waals surface area contributed by atoms with Gasteiger partial charge in [0.15, 0.2) is 0 Å². The van der Waals surface area contributed by atoms with Gasteiger partial charge in [-0.15, -0.1) is 0 Å². The molecule has 3 heterocycles. The second-order valence-corrected chi connectivity index (χ2v) is 6.58. The Kier molecular flexibility index (Phi) is 5.65. The lowest BCUT2D eigenvalue weighted by atomic mass is 9.96. The number of aliphatic hydroxyl groups is 1. The summed E-state index contributed by atoms with van der Waals surface area (Å²) in [6.07, 6.45) is 1.63. The largest absolute Gasteiger partial charge is 0.396 e. The van der Waals surface area contributed by atoms with Gasteiger partial charge in [-0.1, -0.05) is 6.07 Å². The fraction of sp³-hybridized carbons (Fsp3) is 0.647. The van der Waals surface area contributed by atoms with Gasteiger partial charge < -0.3 is 19.3 Å². The Balaban J connectivity index is 1.59. The van der Waals surface area contributed by atoms with Crippen LogP contribution < -0.4 is 5.56 Å². The van der Waals surface area contributed by atoms with Gasteiger partial charge in [0.25, 0.3) is 5.56 Å². The molecule has 2 fully saturated rings. The van der Waals surface area contributed by atoms with Crippen molar-refractivity contribution < 1.29 is 14.6 Å². The van der Waals surface area contributed by atoms with Crippen molar-refractivity contribution in [3.8, 4) is 0 Å². The van der Waals surface area contributed by atoms with E-state index in [-0.39, 0.29) is 36.5 Å². The molecule has 2 aliphatic heterocycles. The fourth-order valence-electron chi connectivity index (χ4n) is 3.51. The molecular formula is C17H25N3O4. The molecule has 7 heteroatoms. The summed E-state index contributed by atoms with van der Waals surface area (Å²) in [6.45, 7) is 5.53. The first kappa shape index (κ1) is 17.1. The molecule has 24 heavy (non-hydrogen) atoms. The second kappa shape index (κ2) is 7.92. The topological polar surface area (TPSA) is 75.0 Å². The molecule has 132 valence electrons. The molecule has 1 amide bonds. The van der Waals surface area contributed by atoms with Gasteiger partial charge in [0.1, 0.15) is 6.54 Å². The number of amides is 1. The molecule has 7 nitrogen and oxygen atoms in total. The molecule has 0 unspecified atom stereocenters. The average molecular weight is 335 g/mol. The van der Waals surface area contributed by atoms with E-state index >= 15 is 0 Å². The Morgan fingerprint density at radius 1 is 1.21 bits per heavy atom. The van der Waals surface area contributed by atoms with Gasteiger partial charge in [-0.05, 0) is 12.0 Å². The number of rotatable bonds is 5. The van der Waals surface area contributed by atoms with Crippen molar-refractivity contribution in [1.29, 1.82) is 0 Å². The van der Waals surface area contributed by atoms with Gasteiger partial charge in [-0.2, -0.15) is 0 Å². The number of pyridine rings is 1. The van der Waals surface area contributed by atoms with Crippen molar-refractivity contribution in [3.63, 3.8) is 0 Å². The molecule has 1 aromatic heterocycles. The zero-order valence-corrected chi connectivity index (χ0v) is 13.8. The van der Waals surface area contributed by atoms with Crippen molar-refractivity contribution in [1.82, 2.24) is 14.4 Å². The van der Waals surface area contributed by atoms with Crippen LogP contribution >= 0.6 is 0 Å². The normalized spacial score (nSPS) is 25.1. The third-order valence-corrected chi connectivity index (χ3v) is 4.96. The standard InChI is InChI=1S/C17H25N3O4/c21-13-15-11-20(10-14(15)9-18-5-7-24-8-6-18)17(23)12-19-4-2-1-3-16(19)22/h1-4,14-15,21H,5-13H2/t14-,15-/m1/s1. The van der Waals surface area contributed by atoms with Crippen LogP contribution in [0.25, 0.3) is 0 Å². The number of hydrogen-bond acceptors (Lipinski definition) is 5. The lowest BCUT2D eigenvalue weighted by molar-refractivity contribution is -0.131. The lowest BCUT2D eigenvalue weighted by Gasteiger charge is -2.30. The zero-order chi connectivity index (χ0) is 16.9. The molecule has 2 saturated heterocycles. The predicted octanol–water partition coefficient (Wildman–Crippen LogP) is -0.753. The number of hydrogen-bond donors (Lipinski definition) is 1. The molecule has 0 aromatic carbocycles. The molecular weight excluding hydrogens is 310 g/mol. The first-order valence-electron chi connectivity index (χ1n) is 8.51. The minimum atomic E-state index is -0.173. The number of ether oxygens (including phenoxy) is 1. The van der Waals surface area contributed by atoms with E-state index in [0.717, 1.165) is 32.8 Å². The molecule has 0 spiro atoms. The van der Waals surface area contributed by atoms with E-state index in [4.69, 9.17) is 4.74 Å². The first-order chi connectivity index (χ1) is 11.7. The third kappa shape index (κ3) is 4.03. The number of carbonyl (C=O) groups is 1. The molecule has 3 rings (SSSR count). The number of aliphatic hydroxyl groups excluding tert-OH is 1. The van der Waals surface area contributed by atoms with Crippen molar-refractivity contribution in [2.75, 3.05) is 52.5 Å². The van der Waals surface area contributed by atoms with Crippen LogP contribution in [0.4, 0.5) is 0 Å². The average Bonchev–Trinajstić information content (AvgIpc) is 3.01. The van der Waals surface area contributed by atoms with E-state index in [0.29, 0.717) is 13.1 Å². The molecule has 0 saturated carbocycles. The van der Waals surface area contributed by atoms with E-state index in [2.05, 4.69) is 4.90 Å². The highest BCUT2D eigenvalue weighted by atomic mass is 16.5. The lowest BCUT2D eigenvalue weighted by Crippen LogP contribution is -2.41. The van der Waals surface area contributed by atoms with Crippen LogP contribution in [0, 0.1) is 11.8 Å². The maximum atomic E-state index is 12.5. The smallest absolute Gasteiger partial charge is 0.250 e.